The van der Waals surface area contributed by atoms with E-state index in [1.807, 2.05) is 0 Å². The molecule has 0 unspecified atom stereocenters. The highest BCUT2D eigenvalue weighted by Gasteiger charge is 2.38. The first kappa shape index (κ1) is 17.3. The van der Waals surface area contributed by atoms with Crippen molar-refractivity contribution in [1.82, 2.24) is 0 Å². The van der Waals surface area contributed by atoms with Crippen molar-refractivity contribution in [2.75, 3.05) is 13.2 Å². The zero-order chi connectivity index (χ0) is 16.6. The predicted octanol–water partition coefficient (Wildman–Crippen LogP) is 2.13. The minimum atomic E-state index is -1.59. The van der Waals surface area contributed by atoms with E-state index in [2.05, 4.69) is 9.47 Å². The van der Waals surface area contributed by atoms with Crippen molar-refractivity contribution < 1.29 is 38.8 Å². The largest absolute Gasteiger partial charge is 0.505 e. The summed E-state index contributed by atoms with van der Waals surface area (Å²) in [5.74, 6) is -0.821. The van der Waals surface area contributed by atoms with E-state index in [-0.39, 0.29) is 6.61 Å². The van der Waals surface area contributed by atoms with E-state index in [0.717, 1.165) is 5.56 Å². The van der Waals surface area contributed by atoms with Crippen molar-refractivity contribution >= 4 is 18.3 Å². The van der Waals surface area contributed by atoms with Crippen molar-refractivity contribution in [2.24, 2.45) is 5.41 Å². The van der Waals surface area contributed by atoms with Crippen LogP contribution in [0.4, 0.5) is 9.59 Å². The Morgan fingerprint density at radius 1 is 0.955 bits per heavy atom. The van der Waals surface area contributed by atoms with E-state index in [0.29, 0.717) is 0 Å². The second-order valence-electron chi connectivity index (χ2n) is 4.73. The molecule has 2 N–H and O–H groups in total. The summed E-state index contributed by atoms with van der Waals surface area (Å²) in [6.07, 6.45) is -3.17. The third-order valence-electron chi connectivity index (χ3n) is 2.73. The molecule has 8 nitrogen and oxygen atoms in total. The number of benzene rings is 1. The second-order valence-corrected chi connectivity index (χ2v) is 4.73. The molecular formula is C14H16O8. The van der Waals surface area contributed by atoms with Gasteiger partial charge in [-0.05, 0) is 12.5 Å². The van der Waals surface area contributed by atoms with Gasteiger partial charge in [-0.25, -0.2) is 9.59 Å². The molecule has 0 heterocycles. The van der Waals surface area contributed by atoms with Crippen LogP contribution in [0.2, 0.25) is 0 Å². The molecule has 0 aliphatic rings. The SMILES string of the molecule is CC(COC(=O)O)(COC(=O)O)C(=O)OCc1ccccc1. The van der Waals surface area contributed by atoms with E-state index < -0.39 is 36.9 Å². The van der Waals surface area contributed by atoms with E-state index in [1.165, 1.54) is 6.92 Å². The Balaban J connectivity index is 2.68. The van der Waals surface area contributed by atoms with E-state index in [1.54, 1.807) is 30.3 Å². The second kappa shape index (κ2) is 7.87. The maximum atomic E-state index is 12.1. The highest BCUT2D eigenvalue weighted by molar-refractivity contribution is 5.77. The van der Waals surface area contributed by atoms with Gasteiger partial charge in [0.25, 0.3) is 0 Å². The van der Waals surface area contributed by atoms with E-state index in [4.69, 9.17) is 14.9 Å². The van der Waals surface area contributed by atoms with Crippen molar-refractivity contribution in [3.8, 4) is 0 Å². The lowest BCUT2D eigenvalue weighted by Gasteiger charge is -2.25. The van der Waals surface area contributed by atoms with Crippen LogP contribution in [-0.4, -0.2) is 41.7 Å². The molecule has 0 spiro atoms. The molecule has 1 rings (SSSR count). The van der Waals surface area contributed by atoms with Gasteiger partial charge in [0.2, 0.25) is 0 Å². The molecule has 0 bridgehead atoms. The zero-order valence-electron chi connectivity index (χ0n) is 11.9. The van der Waals surface area contributed by atoms with Crippen LogP contribution < -0.4 is 0 Å². The fraction of sp³-hybridized carbons (Fsp3) is 0.357. The maximum Gasteiger partial charge on any atom is 0.505 e. The first-order valence-corrected chi connectivity index (χ1v) is 6.26. The molecule has 0 aliphatic carbocycles. The molecule has 0 saturated carbocycles. The number of rotatable bonds is 7. The molecule has 22 heavy (non-hydrogen) atoms. The Labute approximate surface area is 126 Å². The Kier molecular flexibility index (Phi) is 6.18. The highest BCUT2D eigenvalue weighted by atomic mass is 16.7. The van der Waals surface area contributed by atoms with Gasteiger partial charge < -0.3 is 24.4 Å². The summed E-state index contributed by atoms with van der Waals surface area (Å²) in [7, 11) is 0. The smallest absolute Gasteiger partial charge is 0.460 e. The number of hydrogen-bond donors (Lipinski definition) is 2. The van der Waals surface area contributed by atoms with Gasteiger partial charge in [-0.1, -0.05) is 30.3 Å². The van der Waals surface area contributed by atoms with Gasteiger partial charge in [-0.15, -0.1) is 0 Å². The van der Waals surface area contributed by atoms with Crippen molar-refractivity contribution in [2.45, 2.75) is 13.5 Å². The standard InChI is InChI=1S/C14H16O8/c1-14(8-21-12(16)17,9-22-13(18)19)11(15)20-7-10-5-3-2-4-6-10/h2-6H,7-9H2,1H3,(H,16,17)(H,18,19). The number of esters is 1. The van der Waals surface area contributed by atoms with Crippen molar-refractivity contribution in [3.05, 3.63) is 35.9 Å². The Morgan fingerprint density at radius 2 is 1.45 bits per heavy atom. The van der Waals surface area contributed by atoms with Gasteiger partial charge in [0, 0.05) is 0 Å². The molecular weight excluding hydrogens is 296 g/mol. The molecule has 0 saturated heterocycles. The van der Waals surface area contributed by atoms with Crippen LogP contribution in [0.1, 0.15) is 12.5 Å². The molecule has 0 aliphatic heterocycles. The third kappa shape index (κ3) is 5.70. The third-order valence-corrected chi connectivity index (χ3v) is 2.73. The average Bonchev–Trinajstić information content (AvgIpc) is 2.49. The monoisotopic (exact) mass is 312 g/mol. The van der Waals surface area contributed by atoms with Crippen LogP contribution in [0.5, 0.6) is 0 Å². The lowest BCUT2D eigenvalue weighted by Crippen LogP contribution is -2.40. The fourth-order valence-corrected chi connectivity index (χ4v) is 1.50. The zero-order valence-corrected chi connectivity index (χ0v) is 11.9. The number of carbonyl (C=O) groups excluding carboxylic acids is 1. The van der Waals surface area contributed by atoms with Crippen LogP contribution in [0.3, 0.4) is 0 Å². The molecule has 0 amide bonds. The van der Waals surface area contributed by atoms with Gasteiger partial charge in [0.15, 0.2) is 0 Å². The predicted molar refractivity (Wildman–Crippen MR) is 72.3 cm³/mol. The topological polar surface area (TPSA) is 119 Å². The first-order chi connectivity index (χ1) is 10.3. The Hall–Kier alpha value is -2.77. The molecule has 1 aromatic rings. The molecule has 1 aromatic carbocycles. The molecule has 0 aromatic heterocycles. The molecule has 0 radical (unpaired) electrons. The van der Waals surface area contributed by atoms with Crippen LogP contribution in [0.25, 0.3) is 0 Å². The molecule has 8 heteroatoms. The van der Waals surface area contributed by atoms with Crippen LogP contribution >= 0.6 is 0 Å². The molecule has 120 valence electrons. The minimum Gasteiger partial charge on any atom is -0.460 e. The maximum absolute atomic E-state index is 12.1. The van der Waals surface area contributed by atoms with Gasteiger partial charge in [-0.3, -0.25) is 4.79 Å². The number of hydrogen-bond acceptors (Lipinski definition) is 6. The number of carboxylic acid groups (broad SMARTS) is 2. The normalized spacial score (nSPS) is 10.6. The van der Waals surface area contributed by atoms with Gasteiger partial charge in [0.05, 0.1) is 0 Å². The number of ether oxygens (including phenoxy) is 3. The number of carbonyl (C=O) groups is 3. The lowest BCUT2D eigenvalue weighted by atomic mass is 9.93. The Morgan fingerprint density at radius 3 is 1.91 bits per heavy atom. The van der Waals surface area contributed by atoms with Crippen LogP contribution in [-0.2, 0) is 25.6 Å². The summed E-state index contributed by atoms with van der Waals surface area (Å²) in [4.78, 5) is 33.0. The van der Waals surface area contributed by atoms with Gasteiger partial charge in [-0.2, -0.15) is 0 Å². The molecule has 0 atom stereocenters. The lowest BCUT2D eigenvalue weighted by molar-refractivity contribution is -0.162. The average molecular weight is 312 g/mol. The summed E-state index contributed by atoms with van der Waals surface area (Å²) < 4.78 is 13.8. The van der Waals surface area contributed by atoms with Crippen molar-refractivity contribution in [3.63, 3.8) is 0 Å². The summed E-state index contributed by atoms with van der Waals surface area (Å²) in [5.41, 5.74) is -0.831. The Bertz CT molecular complexity index is 507. The van der Waals surface area contributed by atoms with Gasteiger partial charge >= 0.3 is 18.3 Å². The van der Waals surface area contributed by atoms with Crippen LogP contribution in [0, 0.1) is 5.41 Å². The summed E-state index contributed by atoms with van der Waals surface area (Å²) in [5, 5.41) is 17.0. The van der Waals surface area contributed by atoms with Gasteiger partial charge in [0.1, 0.15) is 25.2 Å². The highest BCUT2D eigenvalue weighted by Crippen LogP contribution is 2.21. The molecule has 0 fully saturated rings. The fourth-order valence-electron chi connectivity index (χ4n) is 1.50. The van der Waals surface area contributed by atoms with E-state index >= 15 is 0 Å². The summed E-state index contributed by atoms with van der Waals surface area (Å²) >= 11 is 0. The van der Waals surface area contributed by atoms with Crippen LogP contribution in [0.15, 0.2) is 30.3 Å². The van der Waals surface area contributed by atoms with Crippen molar-refractivity contribution in [1.29, 1.82) is 0 Å². The summed E-state index contributed by atoms with van der Waals surface area (Å²) in [6.45, 7) is 0.105. The van der Waals surface area contributed by atoms with E-state index in [9.17, 15) is 14.4 Å². The minimum absolute atomic E-state index is 0.0323. The first-order valence-electron chi connectivity index (χ1n) is 6.26. The summed E-state index contributed by atoms with van der Waals surface area (Å²) in [6, 6.07) is 8.82. The quantitative estimate of drug-likeness (QED) is 0.580.